The van der Waals surface area contributed by atoms with Gasteiger partial charge in [-0.25, -0.2) is 4.98 Å². The molecule has 0 unspecified atom stereocenters. The number of rotatable bonds is 3. The van der Waals surface area contributed by atoms with Crippen LogP contribution in [0.25, 0.3) is 6.08 Å². The lowest BCUT2D eigenvalue weighted by Gasteiger charge is -2.34. The SMILES string of the molecule is CC1=CC[C@@H](C(C)=Cc2csc(CN)n2)OC(=O)C[C@H](O)C(C)(C)C(=O)[C@H](C)[C@@H](O)[C@@H](C)CCC1. The van der Waals surface area contributed by atoms with Crippen molar-refractivity contribution in [3.63, 3.8) is 0 Å². The first-order valence-electron chi connectivity index (χ1n) is 12.4. The number of nitrogens with two attached hydrogens (primary N) is 1. The highest BCUT2D eigenvalue weighted by atomic mass is 32.1. The normalized spacial score (nSPS) is 30.0. The Hall–Kier alpha value is -1.87. The fraction of sp³-hybridized carbons (Fsp3) is 0.667. The highest BCUT2D eigenvalue weighted by molar-refractivity contribution is 7.09. The lowest BCUT2D eigenvalue weighted by molar-refractivity contribution is -0.154. The van der Waals surface area contributed by atoms with Crippen LogP contribution in [0.1, 0.15) is 84.3 Å². The minimum Gasteiger partial charge on any atom is -0.457 e. The van der Waals surface area contributed by atoms with Crippen LogP contribution in [0.5, 0.6) is 0 Å². The Morgan fingerprint density at radius 1 is 1.31 bits per heavy atom. The molecule has 2 rings (SSSR count). The summed E-state index contributed by atoms with van der Waals surface area (Å²) in [6.07, 6.45) is 4.15. The first-order chi connectivity index (χ1) is 16.4. The third-order valence-electron chi connectivity index (χ3n) is 7.15. The molecule has 0 saturated heterocycles. The molecule has 0 amide bonds. The summed E-state index contributed by atoms with van der Waals surface area (Å²) in [7, 11) is 0. The quantitative estimate of drug-likeness (QED) is 0.410. The molecule has 1 aromatic heterocycles. The monoisotopic (exact) mass is 506 g/mol. The van der Waals surface area contributed by atoms with Crippen LogP contribution in [0, 0.1) is 17.3 Å². The van der Waals surface area contributed by atoms with Gasteiger partial charge in [0.2, 0.25) is 0 Å². The summed E-state index contributed by atoms with van der Waals surface area (Å²) < 4.78 is 5.81. The zero-order chi connectivity index (χ0) is 26.3. The van der Waals surface area contributed by atoms with Crippen LogP contribution in [0.4, 0.5) is 0 Å². The number of nitrogens with zero attached hydrogens (tertiary/aromatic N) is 1. The molecular formula is C27H42N2O5S. The van der Waals surface area contributed by atoms with Crippen molar-refractivity contribution in [1.29, 1.82) is 0 Å². The second-order valence-corrected chi connectivity index (χ2v) is 11.4. The van der Waals surface area contributed by atoms with E-state index in [0.717, 1.165) is 35.5 Å². The Balaban J connectivity index is 2.33. The van der Waals surface area contributed by atoms with E-state index in [1.54, 1.807) is 20.8 Å². The smallest absolute Gasteiger partial charge is 0.309 e. The second kappa shape index (κ2) is 12.9. The third kappa shape index (κ3) is 8.07. The Kier molecular flexibility index (Phi) is 10.8. The number of Topliss-reactive ketones (excluding diaryl/α,β-unsaturated/α-hetero) is 1. The van der Waals surface area contributed by atoms with Crippen molar-refractivity contribution in [3.8, 4) is 0 Å². The maximum atomic E-state index is 13.2. The van der Waals surface area contributed by atoms with Crippen LogP contribution >= 0.6 is 11.3 Å². The van der Waals surface area contributed by atoms with Crippen molar-refractivity contribution in [2.75, 3.05) is 0 Å². The molecule has 5 atom stereocenters. The molecule has 1 aliphatic rings. The summed E-state index contributed by atoms with van der Waals surface area (Å²) in [5, 5.41) is 24.4. The number of carbonyl (C=O) groups excluding carboxylic acids is 2. The predicted molar refractivity (Wildman–Crippen MR) is 140 cm³/mol. The molecule has 1 aromatic rings. The average molecular weight is 507 g/mol. The number of thiazole rings is 1. The molecule has 1 aliphatic heterocycles. The predicted octanol–water partition coefficient (Wildman–Crippen LogP) is 4.42. The van der Waals surface area contributed by atoms with Crippen LogP contribution < -0.4 is 5.73 Å². The van der Waals surface area contributed by atoms with Gasteiger partial charge >= 0.3 is 5.97 Å². The van der Waals surface area contributed by atoms with Crippen LogP contribution in [-0.2, 0) is 20.9 Å². The van der Waals surface area contributed by atoms with Crippen LogP contribution in [0.2, 0.25) is 0 Å². The number of hydrogen-bond donors (Lipinski definition) is 3. The Morgan fingerprint density at radius 2 is 2.00 bits per heavy atom. The number of aliphatic hydroxyl groups is 2. The van der Waals surface area contributed by atoms with E-state index in [0.29, 0.717) is 13.0 Å². The molecule has 0 fully saturated rings. The van der Waals surface area contributed by atoms with Crippen molar-refractivity contribution < 1.29 is 24.5 Å². The van der Waals surface area contributed by atoms with Crippen molar-refractivity contribution >= 4 is 29.2 Å². The summed E-state index contributed by atoms with van der Waals surface area (Å²) in [6.45, 7) is 11.2. The molecular weight excluding hydrogens is 464 g/mol. The van der Waals surface area contributed by atoms with Crippen LogP contribution in [0.15, 0.2) is 22.6 Å². The van der Waals surface area contributed by atoms with Gasteiger partial charge in [-0.1, -0.05) is 39.3 Å². The highest BCUT2D eigenvalue weighted by Gasteiger charge is 2.42. The lowest BCUT2D eigenvalue weighted by atomic mass is 9.73. The molecule has 8 heteroatoms. The van der Waals surface area contributed by atoms with Crippen LogP contribution in [-0.4, -0.2) is 45.3 Å². The fourth-order valence-electron chi connectivity index (χ4n) is 4.44. The van der Waals surface area contributed by atoms with Gasteiger partial charge < -0.3 is 20.7 Å². The molecule has 0 bridgehead atoms. The van der Waals surface area contributed by atoms with Gasteiger partial charge in [0.15, 0.2) is 0 Å². The zero-order valence-electron chi connectivity index (χ0n) is 21.9. The fourth-order valence-corrected chi connectivity index (χ4v) is 5.07. The van der Waals surface area contributed by atoms with Gasteiger partial charge in [0.25, 0.3) is 0 Å². The van der Waals surface area contributed by atoms with Crippen molar-refractivity contribution in [2.24, 2.45) is 23.0 Å². The number of ketones is 1. The average Bonchev–Trinajstić information content (AvgIpc) is 3.26. The van der Waals surface area contributed by atoms with Gasteiger partial charge in [0.1, 0.15) is 16.9 Å². The molecule has 0 aliphatic carbocycles. The number of ether oxygens (including phenoxy) is 1. The van der Waals surface area contributed by atoms with E-state index in [-0.39, 0.29) is 18.1 Å². The summed E-state index contributed by atoms with van der Waals surface area (Å²) in [6, 6.07) is 0. The van der Waals surface area contributed by atoms with Gasteiger partial charge in [0, 0.05) is 24.3 Å². The number of cyclic esters (lactones) is 1. The standard InChI is InChI=1S/C27H42N2O5S/c1-16-8-7-9-17(2)25(32)19(4)26(33)27(5,6)22(30)13-24(31)34-21(11-10-16)18(3)12-20-15-35-23(14-28)29-20/h10,12,15,17,19,21-22,25,30,32H,7-9,11,13-14,28H2,1-6H3/t17-,19+,21-,22-,25-/m0/s1. The van der Waals surface area contributed by atoms with E-state index < -0.39 is 35.6 Å². The highest BCUT2D eigenvalue weighted by Crippen LogP contribution is 2.32. The minimum atomic E-state index is -1.23. The number of aliphatic hydroxyl groups excluding tert-OH is 2. The number of allylic oxidation sites excluding steroid dienone is 1. The molecule has 0 radical (unpaired) electrons. The number of aromatic nitrogens is 1. The molecule has 0 spiro atoms. The molecule has 35 heavy (non-hydrogen) atoms. The summed E-state index contributed by atoms with van der Waals surface area (Å²) >= 11 is 1.48. The minimum absolute atomic E-state index is 0.0537. The summed E-state index contributed by atoms with van der Waals surface area (Å²) in [4.78, 5) is 30.5. The van der Waals surface area contributed by atoms with Gasteiger partial charge in [-0.3, -0.25) is 9.59 Å². The topological polar surface area (TPSA) is 123 Å². The van der Waals surface area contributed by atoms with E-state index in [1.165, 1.54) is 16.9 Å². The third-order valence-corrected chi connectivity index (χ3v) is 8.04. The number of hydrogen-bond acceptors (Lipinski definition) is 8. The molecule has 0 aromatic carbocycles. The second-order valence-electron chi connectivity index (χ2n) is 10.5. The largest absolute Gasteiger partial charge is 0.457 e. The maximum Gasteiger partial charge on any atom is 0.309 e. The summed E-state index contributed by atoms with van der Waals surface area (Å²) in [5.74, 6) is -1.53. The number of esters is 1. The Morgan fingerprint density at radius 3 is 2.63 bits per heavy atom. The molecule has 196 valence electrons. The van der Waals surface area contributed by atoms with E-state index in [1.807, 2.05) is 25.3 Å². The van der Waals surface area contributed by atoms with Crippen LogP contribution in [0.3, 0.4) is 0 Å². The Labute approximate surface area is 213 Å². The molecule has 4 N–H and O–H groups in total. The number of carbonyl (C=O) groups is 2. The Bertz CT molecular complexity index is 936. The van der Waals surface area contributed by atoms with E-state index in [9.17, 15) is 19.8 Å². The van der Waals surface area contributed by atoms with Crippen molar-refractivity contribution in [2.45, 2.75) is 98.5 Å². The maximum absolute atomic E-state index is 13.2. The first kappa shape index (κ1) is 29.4. The van der Waals surface area contributed by atoms with E-state index >= 15 is 0 Å². The molecule has 0 saturated carbocycles. The van der Waals surface area contributed by atoms with Gasteiger partial charge in [-0.2, -0.15) is 0 Å². The van der Waals surface area contributed by atoms with Crippen molar-refractivity contribution in [1.82, 2.24) is 4.98 Å². The first-order valence-corrected chi connectivity index (χ1v) is 13.3. The molecule has 2 heterocycles. The van der Waals surface area contributed by atoms with Gasteiger partial charge in [-0.05, 0) is 50.7 Å². The van der Waals surface area contributed by atoms with Gasteiger partial charge in [0.05, 0.1) is 29.7 Å². The molecule has 7 nitrogen and oxygen atoms in total. The van der Waals surface area contributed by atoms with E-state index in [2.05, 4.69) is 18.0 Å². The van der Waals surface area contributed by atoms with Gasteiger partial charge in [-0.15, -0.1) is 11.3 Å². The summed E-state index contributed by atoms with van der Waals surface area (Å²) in [5.41, 5.74) is 7.26. The lowest BCUT2D eigenvalue weighted by Crippen LogP contribution is -2.45. The van der Waals surface area contributed by atoms with Crippen molar-refractivity contribution in [3.05, 3.63) is 33.3 Å². The zero-order valence-corrected chi connectivity index (χ0v) is 22.7. The van der Waals surface area contributed by atoms with E-state index in [4.69, 9.17) is 10.5 Å².